The largest absolute Gasteiger partial charge is 0.435 e. The van der Waals surface area contributed by atoms with Gasteiger partial charge in [-0.15, -0.1) is 0 Å². The molecule has 1 aliphatic rings. The molecule has 0 bridgehead atoms. The van der Waals surface area contributed by atoms with E-state index in [1.807, 2.05) is 18.2 Å². The van der Waals surface area contributed by atoms with Crippen LogP contribution in [0.1, 0.15) is 29.5 Å². The molecule has 2 aromatic rings. The average molecular weight is 332 g/mol. The van der Waals surface area contributed by atoms with Crippen LogP contribution in [0.3, 0.4) is 0 Å². The lowest BCUT2D eigenvalue weighted by Crippen LogP contribution is -2.01. The summed E-state index contributed by atoms with van der Waals surface area (Å²) in [6.45, 7) is -2.81. The maximum absolute atomic E-state index is 14.1. The van der Waals surface area contributed by atoms with E-state index >= 15 is 0 Å². The second kappa shape index (κ2) is 7.56. The molecule has 24 heavy (non-hydrogen) atoms. The van der Waals surface area contributed by atoms with E-state index in [1.165, 1.54) is 12.1 Å². The Labute approximate surface area is 139 Å². The maximum Gasteiger partial charge on any atom is 0.387 e. The van der Waals surface area contributed by atoms with Gasteiger partial charge in [0, 0.05) is 5.56 Å². The Morgan fingerprint density at radius 2 is 1.75 bits per heavy atom. The number of benzene rings is 2. The summed E-state index contributed by atoms with van der Waals surface area (Å²) in [7, 11) is 0. The monoisotopic (exact) mass is 332 g/mol. The van der Waals surface area contributed by atoms with Gasteiger partial charge in [-0.05, 0) is 67.0 Å². The molecule has 4 heteroatoms. The van der Waals surface area contributed by atoms with Gasteiger partial charge in [-0.25, -0.2) is 4.39 Å². The van der Waals surface area contributed by atoms with Gasteiger partial charge in [-0.1, -0.05) is 30.3 Å². The molecule has 0 saturated heterocycles. The number of ether oxygens (including phenoxy) is 1. The molecular formula is C20H19F3O. The van der Waals surface area contributed by atoms with E-state index in [0.29, 0.717) is 11.5 Å². The zero-order valence-corrected chi connectivity index (χ0v) is 13.2. The molecule has 1 aliphatic carbocycles. The van der Waals surface area contributed by atoms with Crippen molar-refractivity contribution in [3.8, 4) is 5.75 Å². The third-order valence-electron chi connectivity index (χ3n) is 4.06. The third-order valence-corrected chi connectivity index (χ3v) is 4.06. The molecule has 0 spiro atoms. The Morgan fingerprint density at radius 1 is 1.04 bits per heavy atom. The van der Waals surface area contributed by atoms with Crippen LogP contribution in [0.2, 0.25) is 0 Å². The first-order valence-electron chi connectivity index (χ1n) is 8.10. The van der Waals surface area contributed by atoms with Crippen LogP contribution in [0.5, 0.6) is 5.75 Å². The fraction of sp³-hybridized carbons (Fsp3) is 0.300. The molecule has 0 atom stereocenters. The molecule has 0 amide bonds. The summed E-state index contributed by atoms with van der Waals surface area (Å²) >= 11 is 0. The van der Waals surface area contributed by atoms with Gasteiger partial charge < -0.3 is 4.74 Å². The highest BCUT2D eigenvalue weighted by Gasteiger charge is 2.19. The van der Waals surface area contributed by atoms with Crippen molar-refractivity contribution in [3.05, 3.63) is 71.3 Å². The van der Waals surface area contributed by atoms with Crippen molar-refractivity contribution in [2.45, 2.75) is 32.3 Å². The minimum absolute atomic E-state index is 0.146. The van der Waals surface area contributed by atoms with Crippen molar-refractivity contribution >= 4 is 5.83 Å². The Balaban J connectivity index is 1.60. The molecule has 0 heterocycles. The molecule has 0 aromatic heterocycles. The summed E-state index contributed by atoms with van der Waals surface area (Å²) in [6, 6.07) is 14.1. The van der Waals surface area contributed by atoms with E-state index in [1.54, 1.807) is 24.3 Å². The molecular weight excluding hydrogens is 313 g/mol. The van der Waals surface area contributed by atoms with Crippen LogP contribution in [0.4, 0.5) is 13.2 Å². The number of rotatable bonds is 7. The quantitative estimate of drug-likeness (QED) is 0.623. The number of hydrogen-bond acceptors (Lipinski definition) is 1. The highest BCUT2D eigenvalue weighted by atomic mass is 19.3. The Morgan fingerprint density at radius 3 is 2.42 bits per heavy atom. The molecule has 2 aromatic carbocycles. The van der Waals surface area contributed by atoms with Crippen LogP contribution in [0.15, 0.2) is 54.6 Å². The predicted molar refractivity (Wildman–Crippen MR) is 88.7 cm³/mol. The molecule has 0 aliphatic heterocycles. The summed E-state index contributed by atoms with van der Waals surface area (Å²) < 4.78 is 42.7. The minimum Gasteiger partial charge on any atom is -0.435 e. The summed E-state index contributed by atoms with van der Waals surface area (Å²) in [5.74, 6) is 0.415. The highest BCUT2D eigenvalue weighted by Crippen LogP contribution is 2.34. The first kappa shape index (κ1) is 16.6. The van der Waals surface area contributed by atoms with Crippen molar-refractivity contribution in [2.75, 3.05) is 0 Å². The van der Waals surface area contributed by atoms with Gasteiger partial charge in [0.1, 0.15) is 11.6 Å². The van der Waals surface area contributed by atoms with Gasteiger partial charge in [-0.3, -0.25) is 0 Å². The van der Waals surface area contributed by atoms with E-state index in [-0.39, 0.29) is 11.6 Å². The Kier molecular flexibility index (Phi) is 5.24. The molecule has 0 N–H and O–H groups in total. The molecule has 3 rings (SSSR count). The Bertz CT molecular complexity index is 703. The second-order valence-corrected chi connectivity index (χ2v) is 6.07. The lowest BCUT2D eigenvalue weighted by atomic mass is 10.0. The van der Waals surface area contributed by atoms with Crippen LogP contribution in [-0.2, 0) is 12.8 Å². The number of hydrogen-bond donors (Lipinski definition) is 0. The van der Waals surface area contributed by atoms with E-state index in [4.69, 9.17) is 0 Å². The topological polar surface area (TPSA) is 9.23 Å². The molecule has 1 saturated carbocycles. The number of halogens is 3. The third kappa shape index (κ3) is 4.88. The van der Waals surface area contributed by atoms with Crippen LogP contribution >= 0.6 is 0 Å². The molecule has 126 valence electrons. The highest BCUT2D eigenvalue weighted by molar-refractivity contribution is 5.60. The first-order chi connectivity index (χ1) is 11.6. The smallest absolute Gasteiger partial charge is 0.387 e. The summed E-state index contributed by atoms with van der Waals surface area (Å²) in [4.78, 5) is 0. The van der Waals surface area contributed by atoms with Gasteiger partial charge >= 0.3 is 6.61 Å². The van der Waals surface area contributed by atoms with E-state index in [0.717, 1.165) is 36.8 Å². The van der Waals surface area contributed by atoms with Crippen LogP contribution in [-0.4, -0.2) is 6.61 Å². The van der Waals surface area contributed by atoms with Gasteiger partial charge in [-0.2, -0.15) is 8.78 Å². The zero-order valence-electron chi connectivity index (χ0n) is 13.2. The zero-order chi connectivity index (χ0) is 16.9. The average Bonchev–Trinajstić information content (AvgIpc) is 3.38. The fourth-order valence-electron chi connectivity index (χ4n) is 2.57. The minimum atomic E-state index is -2.81. The lowest BCUT2D eigenvalue weighted by molar-refractivity contribution is -0.0498. The van der Waals surface area contributed by atoms with Crippen molar-refractivity contribution in [1.82, 2.24) is 0 Å². The van der Waals surface area contributed by atoms with Crippen LogP contribution in [0.25, 0.3) is 5.83 Å². The van der Waals surface area contributed by atoms with Crippen molar-refractivity contribution in [3.63, 3.8) is 0 Å². The molecule has 1 fully saturated rings. The molecule has 0 unspecified atom stereocenters. The summed E-state index contributed by atoms with van der Waals surface area (Å²) in [5.41, 5.74) is 2.70. The number of aryl methyl sites for hydroxylation is 2. The van der Waals surface area contributed by atoms with E-state index < -0.39 is 6.61 Å². The second-order valence-electron chi connectivity index (χ2n) is 6.07. The van der Waals surface area contributed by atoms with Crippen LogP contribution in [0, 0.1) is 5.92 Å². The van der Waals surface area contributed by atoms with E-state index in [2.05, 4.69) is 4.74 Å². The maximum atomic E-state index is 14.1. The summed E-state index contributed by atoms with van der Waals surface area (Å²) in [5, 5.41) is 0. The van der Waals surface area contributed by atoms with Crippen molar-refractivity contribution < 1.29 is 17.9 Å². The lowest BCUT2D eigenvalue weighted by Gasteiger charge is -2.07. The SMILES string of the molecule is FC(=CC1CC1)c1cccc(CCc2ccc(OC(F)F)cc2)c1. The van der Waals surface area contributed by atoms with Gasteiger partial charge in [0.15, 0.2) is 0 Å². The molecule has 0 radical (unpaired) electrons. The van der Waals surface area contributed by atoms with E-state index in [9.17, 15) is 13.2 Å². The van der Waals surface area contributed by atoms with Crippen molar-refractivity contribution in [1.29, 1.82) is 0 Å². The van der Waals surface area contributed by atoms with Crippen molar-refractivity contribution in [2.24, 2.45) is 5.92 Å². The Hall–Kier alpha value is -2.23. The standard InChI is InChI=1S/C20H19F3O/c21-19(13-16-6-7-16)17-3-1-2-15(12-17)5-4-14-8-10-18(11-9-14)24-20(22)23/h1-3,8-13,16,20H,4-7H2. The van der Waals surface area contributed by atoms with Gasteiger partial charge in [0.2, 0.25) is 0 Å². The first-order valence-corrected chi connectivity index (χ1v) is 8.10. The predicted octanol–water partition coefficient (Wildman–Crippen LogP) is 5.79. The number of allylic oxidation sites excluding steroid dienone is 1. The summed E-state index contributed by atoms with van der Waals surface area (Å²) in [6.07, 6.45) is 5.39. The number of alkyl halides is 2. The fourth-order valence-corrected chi connectivity index (χ4v) is 2.57. The van der Waals surface area contributed by atoms with Gasteiger partial charge in [0.25, 0.3) is 0 Å². The van der Waals surface area contributed by atoms with Gasteiger partial charge in [0.05, 0.1) is 0 Å². The van der Waals surface area contributed by atoms with Crippen LogP contribution < -0.4 is 4.74 Å². The molecule has 1 nitrogen and oxygen atoms in total. The normalized spacial score (nSPS) is 14.9.